The molecule has 1 atom stereocenters. The molecule has 0 fully saturated rings. The standard InChI is InChI=1S/C21H26N2O3/c1-3-26-15-19-12-8-7-11-18(19)14-22-21(25)13-20(23-16(2)24)17-9-5-4-6-10-17/h4-12,20H,3,13-15H2,1-2H3,(H,22,25)(H,23,24). The molecule has 2 amide bonds. The highest BCUT2D eigenvalue weighted by molar-refractivity contribution is 5.79. The van der Waals surface area contributed by atoms with Gasteiger partial charge in [0.2, 0.25) is 11.8 Å². The first kappa shape index (κ1) is 19.7. The molecule has 0 heterocycles. The number of carbonyl (C=O) groups is 2. The minimum atomic E-state index is -0.340. The number of carbonyl (C=O) groups excluding carboxylic acids is 2. The average molecular weight is 354 g/mol. The summed E-state index contributed by atoms with van der Waals surface area (Å²) in [6.07, 6.45) is 0.192. The first-order valence-electron chi connectivity index (χ1n) is 8.83. The summed E-state index contributed by atoms with van der Waals surface area (Å²) in [6.45, 7) is 5.02. The van der Waals surface area contributed by atoms with Crippen LogP contribution in [0.1, 0.15) is 43.0 Å². The van der Waals surface area contributed by atoms with E-state index in [-0.39, 0.29) is 24.3 Å². The Morgan fingerprint density at radius 1 is 1.00 bits per heavy atom. The van der Waals surface area contributed by atoms with E-state index in [0.717, 1.165) is 16.7 Å². The first-order valence-corrected chi connectivity index (χ1v) is 8.83. The maximum atomic E-state index is 12.4. The van der Waals surface area contributed by atoms with E-state index in [2.05, 4.69) is 10.6 Å². The molecule has 26 heavy (non-hydrogen) atoms. The van der Waals surface area contributed by atoms with Gasteiger partial charge >= 0.3 is 0 Å². The molecule has 0 radical (unpaired) electrons. The molecule has 0 aliphatic rings. The maximum absolute atomic E-state index is 12.4. The zero-order chi connectivity index (χ0) is 18.8. The summed E-state index contributed by atoms with van der Waals surface area (Å²) in [7, 11) is 0. The normalized spacial score (nSPS) is 11.6. The van der Waals surface area contributed by atoms with Crippen LogP contribution in [0.2, 0.25) is 0 Å². The quantitative estimate of drug-likeness (QED) is 0.727. The molecular weight excluding hydrogens is 328 g/mol. The molecule has 138 valence electrons. The van der Waals surface area contributed by atoms with Gasteiger partial charge in [-0.15, -0.1) is 0 Å². The minimum absolute atomic E-state index is 0.112. The third-order valence-electron chi connectivity index (χ3n) is 4.03. The Balaban J connectivity index is 1.97. The van der Waals surface area contributed by atoms with Crippen LogP contribution < -0.4 is 10.6 Å². The molecule has 5 heteroatoms. The molecule has 0 aliphatic heterocycles. The number of rotatable bonds is 9. The highest BCUT2D eigenvalue weighted by Crippen LogP contribution is 2.17. The van der Waals surface area contributed by atoms with Crippen molar-refractivity contribution in [3.05, 3.63) is 71.3 Å². The summed E-state index contributed by atoms with van der Waals surface area (Å²) in [5, 5.41) is 5.79. The molecule has 1 unspecified atom stereocenters. The van der Waals surface area contributed by atoms with Crippen LogP contribution >= 0.6 is 0 Å². The molecule has 5 nitrogen and oxygen atoms in total. The van der Waals surface area contributed by atoms with E-state index in [0.29, 0.717) is 19.8 Å². The van der Waals surface area contributed by atoms with Gasteiger partial charge in [0.05, 0.1) is 19.1 Å². The Hall–Kier alpha value is -2.66. The summed E-state index contributed by atoms with van der Waals surface area (Å²) < 4.78 is 5.47. The molecule has 2 aromatic carbocycles. The van der Waals surface area contributed by atoms with Gasteiger partial charge < -0.3 is 15.4 Å². The molecule has 2 N–H and O–H groups in total. The van der Waals surface area contributed by atoms with Gasteiger partial charge in [0.1, 0.15) is 0 Å². The van der Waals surface area contributed by atoms with Crippen molar-refractivity contribution in [2.75, 3.05) is 6.61 Å². The number of amides is 2. The summed E-state index contributed by atoms with van der Waals surface area (Å²) in [4.78, 5) is 23.9. The lowest BCUT2D eigenvalue weighted by molar-refractivity contribution is -0.122. The topological polar surface area (TPSA) is 67.4 Å². The van der Waals surface area contributed by atoms with Crippen LogP contribution in [0, 0.1) is 0 Å². The summed E-state index contributed by atoms with van der Waals surface area (Å²) >= 11 is 0. The van der Waals surface area contributed by atoms with E-state index >= 15 is 0 Å². The van der Waals surface area contributed by atoms with Crippen molar-refractivity contribution >= 4 is 11.8 Å². The van der Waals surface area contributed by atoms with E-state index in [1.165, 1.54) is 6.92 Å². The molecule has 0 saturated heterocycles. The van der Waals surface area contributed by atoms with Crippen LogP contribution in [0.25, 0.3) is 0 Å². The highest BCUT2D eigenvalue weighted by atomic mass is 16.5. The smallest absolute Gasteiger partial charge is 0.222 e. The monoisotopic (exact) mass is 354 g/mol. The predicted octanol–water partition coefficient (Wildman–Crippen LogP) is 3.11. The fraction of sp³-hybridized carbons (Fsp3) is 0.333. The van der Waals surface area contributed by atoms with Gasteiger partial charge in [0.25, 0.3) is 0 Å². The fourth-order valence-corrected chi connectivity index (χ4v) is 2.72. The highest BCUT2D eigenvalue weighted by Gasteiger charge is 2.17. The van der Waals surface area contributed by atoms with Crippen molar-refractivity contribution in [2.24, 2.45) is 0 Å². The van der Waals surface area contributed by atoms with E-state index in [1.54, 1.807) is 0 Å². The molecule has 0 spiro atoms. The van der Waals surface area contributed by atoms with Gasteiger partial charge in [-0.3, -0.25) is 9.59 Å². The van der Waals surface area contributed by atoms with Crippen molar-refractivity contribution in [2.45, 2.75) is 39.5 Å². The van der Waals surface area contributed by atoms with Crippen molar-refractivity contribution in [3.8, 4) is 0 Å². The molecule has 0 aromatic heterocycles. The van der Waals surface area contributed by atoms with E-state index < -0.39 is 0 Å². The SMILES string of the molecule is CCOCc1ccccc1CNC(=O)CC(NC(C)=O)c1ccccc1. The van der Waals surface area contributed by atoms with Crippen molar-refractivity contribution < 1.29 is 14.3 Å². The number of ether oxygens (including phenoxy) is 1. The number of nitrogens with one attached hydrogen (secondary N) is 2. The molecule has 0 bridgehead atoms. The first-order chi connectivity index (χ1) is 12.6. The Kier molecular flexibility index (Phi) is 7.83. The zero-order valence-corrected chi connectivity index (χ0v) is 15.3. The molecular formula is C21H26N2O3. The third kappa shape index (κ3) is 6.33. The van der Waals surface area contributed by atoms with Gasteiger partial charge in [-0.25, -0.2) is 0 Å². The predicted molar refractivity (Wildman–Crippen MR) is 101 cm³/mol. The number of benzene rings is 2. The van der Waals surface area contributed by atoms with Crippen LogP contribution in [-0.2, 0) is 27.5 Å². The van der Waals surface area contributed by atoms with Gasteiger partial charge in [-0.2, -0.15) is 0 Å². The van der Waals surface area contributed by atoms with Gasteiger partial charge in [-0.05, 0) is 23.6 Å². The largest absolute Gasteiger partial charge is 0.377 e. The lowest BCUT2D eigenvalue weighted by Gasteiger charge is -2.18. The minimum Gasteiger partial charge on any atom is -0.377 e. The van der Waals surface area contributed by atoms with E-state index in [4.69, 9.17) is 4.74 Å². The Bertz CT molecular complexity index is 716. The van der Waals surface area contributed by atoms with Crippen molar-refractivity contribution in [1.29, 1.82) is 0 Å². The number of hydrogen-bond donors (Lipinski definition) is 2. The maximum Gasteiger partial charge on any atom is 0.222 e. The lowest BCUT2D eigenvalue weighted by atomic mass is 10.0. The van der Waals surface area contributed by atoms with Crippen molar-refractivity contribution in [1.82, 2.24) is 10.6 Å². The summed E-state index contributed by atoms with van der Waals surface area (Å²) in [5.74, 6) is -0.271. The van der Waals surface area contributed by atoms with Gasteiger partial charge in [0, 0.05) is 20.1 Å². The second-order valence-corrected chi connectivity index (χ2v) is 6.05. The molecule has 2 rings (SSSR count). The second-order valence-electron chi connectivity index (χ2n) is 6.05. The average Bonchev–Trinajstić information content (AvgIpc) is 2.65. The Labute approximate surface area is 154 Å². The third-order valence-corrected chi connectivity index (χ3v) is 4.03. The molecule has 2 aromatic rings. The number of hydrogen-bond acceptors (Lipinski definition) is 3. The van der Waals surface area contributed by atoms with Crippen LogP contribution in [0.3, 0.4) is 0 Å². The van der Waals surface area contributed by atoms with E-state index in [1.807, 2.05) is 61.5 Å². The summed E-state index contributed by atoms with van der Waals surface area (Å²) in [6, 6.07) is 17.1. The van der Waals surface area contributed by atoms with E-state index in [9.17, 15) is 9.59 Å². The summed E-state index contributed by atoms with van der Waals surface area (Å²) in [5.41, 5.74) is 3.01. The van der Waals surface area contributed by atoms with Gasteiger partial charge in [-0.1, -0.05) is 54.6 Å². The van der Waals surface area contributed by atoms with Crippen molar-refractivity contribution in [3.63, 3.8) is 0 Å². The van der Waals surface area contributed by atoms with Crippen LogP contribution in [0.15, 0.2) is 54.6 Å². The van der Waals surface area contributed by atoms with Crippen LogP contribution in [-0.4, -0.2) is 18.4 Å². The second kappa shape index (κ2) is 10.4. The Morgan fingerprint density at radius 2 is 1.65 bits per heavy atom. The molecule has 0 aliphatic carbocycles. The van der Waals surface area contributed by atoms with Gasteiger partial charge in [0.15, 0.2) is 0 Å². The molecule has 0 saturated carbocycles. The van der Waals surface area contributed by atoms with Crippen LogP contribution in [0.4, 0.5) is 0 Å². The Morgan fingerprint density at radius 3 is 2.31 bits per heavy atom. The lowest BCUT2D eigenvalue weighted by Crippen LogP contribution is -2.32. The van der Waals surface area contributed by atoms with Crippen LogP contribution in [0.5, 0.6) is 0 Å². The zero-order valence-electron chi connectivity index (χ0n) is 15.3. The fourth-order valence-electron chi connectivity index (χ4n) is 2.72.